The summed E-state index contributed by atoms with van der Waals surface area (Å²) in [5.41, 5.74) is 2.25. The second kappa shape index (κ2) is 7.74. The summed E-state index contributed by atoms with van der Waals surface area (Å²) in [6.07, 6.45) is 1.87. The zero-order chi connectivity index (χ0) is 17.8. The molecule has 0 atom stereocenters. The number of anilines is 2. The number of nitrogens with zero attached hydrogens (tertiary/aromatic N) is 5. The molecule has 26 heavy (non-hydrogen) atoms. The molecule has 0 radical (unpaired) electrons. The third kappa shape index (κ3) is 3.51. The summed E-state index contributed by atoms with van der Waals surface area (Å²) in [4.78, 5) is 14.1. The van der Waals surface area contributed by atoms with Gasteiger partial charge < -0.3 is 14.8 Å². The summed E-state index contributed by atoms with van der Waals surface area (Å²) >= 11 is 0. The number of hydrogen-bond acceptors (Lipinski definition) is 5. The number of pyridine rings is 1. The second-order valence-corrected chi connectivity index (χ2v) is 6.61. The topological polar surface area (TPSA) is 49.2 Å². The molecule has 6 nitrogen and oxygen atoms in total. The number of imidazole rings is 1. The van der Waals surface area contributed by atoms with Crippen molar-refractivity contribution in [1.29, 1.82) is 0 Å². The van der Waals surface area contributed by atoms with Crippen LogP contribution >= 0.6 is 0 Å². The zero-order valence-corrected chi connectivity index (χ0v) is 15.3. The van der Waals surface area contributed by atoms with Gasteiger partial charge in [-0.2, -0.15) is 0 Å². The van der Waals surface area contributed by atoms with E-state index in [9.17, 15) is 0 Å². The molecule has 1 N–H and O–H groups in total. The third-order valence-electron chi connectivity index (χ3n) is 5.03. The number of nitrogens with one attached hydrogen (secondary N) is 1. The fourth-order valence-electron chi connectivity index (χ4n) is 3.60. The number of aryl methyl sites for hydroxylation is 1. The predicted molar refractivity (Wildman–Crippen MR) is 107 cm³/mol. The fourth-order valence-corrected chi connectivity index (χ4v) is 3.60. The quantitative estimate of drug-likeness (QED) is 0.741. The Labute approximate surface area is 154 Å². The first-order valence-corrected chi connectivity index (χ1v) is 9.42. The minimum absolute atomic E-state index is 0.910. The summed E-state index contributed by atoms with van der Waals surface area (Å²) in [7, 11) is 0. The van der Waals surface area contributed by atoms with Crippen LogP contribution in [0.15, 0.2) is 48.7 Å². The normalized spacial score (nSPS) is 15.5. The first-order chi connectivity index (χ1) is 12.8. The Balaban J connectivity index is 1.29. The number of hydrogen-bond donors (Lipinski definition) is 1. The Hall–Kier alpha value is -2.60. The molecule has 4 rings (SSSR count). The van der Waals surface area contributed by atoms with Crippen LogP contribution in [0.3, 0.4) is 0 Å². The molecular formula is C20H26N6. The molecule has 136 valence electrons. The second-order valence-electron chi connectivity index (χ2n) is 6.61. The highest BCUT2D eigenvalue weighted by Gasteiger charge is 2.17. The van der Waals surface area contributed by atoms with Gasteiger partial charge in [0, 0.05) is 52.0 Å². The van der Waals surface area contributed by atoms with E-state index in [0.717, 1.165) is 63.1 Å². The molecule has 2 aromatic heterocycles. The van der Waals surface area contributed by atoms with Gasteiger partial charge in [-0.3, -0.25) is 4.90 Å². The van der Waals surface area contributed by atoms with Crippen molar-refractivity contribution in [3.05, 3.63) is 48.7 Å². The average molecular weight is 350 g/mol. The van der Waals surface area contributed by atoms with Crippen LogP contribution in [0.25, 0.3) is 11.0 Å². The number of para-hydroxylation sites is 2. The van der Waals surface area contributed by atoms with Gasteiger partial charge in [-0.05, 0) is 31.2 Å². The highest BCUT2D eigenvalue weighted by molar-refractivity contribution is 5.78. The summed E-state index contributed by atoms with van der Waals surface area (Å²) < 4.78 is 2.24. The van der Waals surface area contributed by atoms with Crippen LogP contribution in [0, 0.1) is 0 Å². The van der Waals surface area contributed by atoms with Gasteiger partial charge in [-0.1, -0.05) is 18.2 Å². The Morgan fingerprint density at radius 1 is 1.00 bits per heavy atom. The van der Waals surface area contributed by atoms with Crippen molar-refractivity contribution < 1.29 is 0 Å². The van der Waals surface area contributed by atoms with E-state index in [1.54, 1.807) is 0 Å². The van der Waals surface area contributed by atoms with Crippen molar-refractivity contribution in [3.63, 3.8) is 0 Å². The van der Waals surface area contributed by atoms with Crippen LogP contribution in [0.2, 0.25) is 0 Å². The summed E-state index contributed by atoms with van der Waals surface area (Å²) in [6, 6.07) is 14.4. The number of fused-ring (bicyclic) bond motifs is 1. The van der Waals surface area contributed by atoms with Gasteiger partial charge in [-0.25, -0.2) is 9.97 Å². The lowest BCUT2D eigenvalue weighted by atomic mass is 10.3. The largest absolute Gasteiger partial charge is 0.354 e. The van der Waals surface area contributed by atoms with E-state index in [1.807, 2.05) is 18.3 Å². The molecular weight excluding hydrogens is 324 g/mol. The Bertz CT molecular complexity index is 836. The highest BCUT2D eigenvalue weighted by Crippen LogP contribution is 2.19. The van der Waals surface area contributed by atoms with Crippen LogP contribution < -0.4 is 10.2 Å². The minimum Gasteiger partial charge on any atom is -0.354 e. The fraction of sp³-hybridized carbons (Fsp3) is 0.400. The van der Waals surface area contributed by atoms with E-state index in [-0.39, 0.29) is 0 Å². The standard InChI is InChI=1S/C20H26N6/c1-2-26-18-8-4-3-7-17(18)23-20(26)22-11-12-24-13-15-25(16-14-24)19-9-5-6-10-21-19/h3-10H,2,11-16H2,1H3,(H,22,23). The van der Waals surface area contributed by atoms with Crippen molar-refractivity contribution >= 4 is 22.8 Å². The van der Waals surface area contributed by atoms with E-state index < -0.39 is 0 Å². The first-order valence-electron chi connectivity index (χ1n) is 9.42. The zero-order valence-electron chi connectivity index (χ0n) is 15.3. The van der Waals surface area contributed by atoms with Crippen molar-refractivity contribution in [3.8, 4) is 0 Å². The van der Waals surface area contributed by atoms with Crippen molar-refractivity contribution in [2.24, 2.45) is 0 Å². The van der Waals surface area contributed by atoms with Crippen LogP contribution in [0.1, 0.15) is 6.92 Å². The van der Waals surface area contributed by atoms with Gasteiger partial charge in [-0.15, -0.1) is 0 Å². The van der Waals surface area contributed by atoms with E-state index in [1.165, 1.54) is 5.52 Å². The highest BCUT2D eigenvalue weighted by atomic mass is 15.3. The van der Waals surface area contributed by atoms with Crippen LogP contribution in [-0.2, 0) is 6.54 Å². The van der Waals surface area contributed by atoms with E-state index in [2.05, 4.69) is 61.9 Å². The number of benzene rings is 1. The maximum absolute atomic E-state index is 4.73. The van der Waals surface area contributed by atoms with Gasteiger partial charge in [0.05, 0.1) is 11.0 Å². The Morgan fingerprint density at radius 2 is 1.81 bits per heavy atom. The molecule has 3 aromatic rings. The van der Waals surface area contributed by atoms with Gasteiger partial charge in [0.2, 0.25) is 5.95 Å². The lowest BCUT2D eigenvalue weighted by Crippen LogP contribution is -2.47. The SMILES string of the molecule is CCn1c(NCCN2CCN(c3ccccn3)CC2)nc2ccccc21. The monoisotopic (exact) mass is 350 g/mol. The summed E-state index contributed by atoms with van der Waals surface area (Å²) in [5.74, 6) is 2.06. The van der Waals surface area contributed by atoms with Crippen molar-refractivity contribution in [2.75, 3.05) is 49.5 Å². The molecule has 1 fully saturated rings. The first kappa shape index (κ1) is 16.8. The molecule has 0 aliphatic carbocycles. The summed E-state index contributed by atoms with van der Waals surface area (Å²) in [5, 5.41) is 3.53. The Kier molecular flexibility index (Phi) is 5.02. The minimum atomic E-state index is 0.910. The van der Waals surface area contributed by atoms with Crippen molar-refractivity contribution in [1.82, 2.24) is 19.4 Å². The molecule has 0 bridgehead atoms. The Morgan fingerprint density at radius 3 is 2.58 bits per heavy atom. The number of aromatic nitrogens is 3. The molecule has 6 heteroatoms. The van der Waals surface area contributed by atoms with Crippen LogP contribution in [0.4, 0.5) is 11.8 Å². The smallest absolute Gasteiger partial charge is 0.203 e. The lowest BCUT2D eigenvalue weighted by molar-refractivity contribution is 0.266. The predicted octanol–water partition coefficient (Wildman–Crippen LogP) is 2.69. The van der Waals surface area contributed by atoms with Crippen molar-refractivity contribution in [2.45, 2.75) is 13.5 Å². The van der Waals surface area contributed by atoms with Gasteiger partial charge >= 0.3 is 0 Å². The molecule has 1 saturated heterocycles. The van der Waals surface area contributed by atoms with Crippen LogP contribution in [-0.4, -0.2) is 58.7 Å². The maximum atomic E-state index is 4.73. The van der Waals surface area contributed by atoms with Crippen LogP contribution in [0.5, 0.6) is 0 Å². The molecule has 0 spiro atoms. The third-order valence-corrected chi connectivity index (χ3v) is 5.03. The van der Waals surface area contributed by atoms with E-state index in [0.29, 0.717) is 0 Å². The van der Waals surface area contributed by atoms with Gasteiger partial charge in [0.25, 0.3) is 0 Å². The number of piperazine rings is 1. The molecule has 1 aliphatic heterocycles. The molecule has 1 aliphatic rings. The van der Waals surface area contributed by atoms with E-state index in [4.69, 9.17) is 4.98 Å². The average Bonchev–Trinajstić information content (AvgIpc) is 3.06. The molecule has 0 saturated carbocycles. The van der Waals surface area contributed by atoms with Gasteiger partial charge in [0.1, 0.15) is 5.82 Å². The summed E-state index contributed by atoms with van der Waals surface area (Å²) in [6.45, 7) is 9.23. The molecule has 0 amide bonds. The lowest BCUT2D eigenvalue weighted by Gasteiger charge is -2.35. The maximum Gasteiger partial charge on any atom is 0.203 e. The van der Waals surface area contributed by atoms with Gasteiger partial charge in [0.15, 0.2) is 0 Å². The molecule has 0 unspecified atom stereocenters. The molecule has 1 aromatic carbocycles. The number of rotatable bonds is 6. The van der Waals surface area contributed by atoms with E-state index >= 15 is 0 Å². The molecule has 3 heterocycles.